The van der Waals surface area contributed by atoms with E-state index >= 15 is 0 Å². The van der Waals surface area contributed by atoms with Crippen LogP contribution in [0.1, 0.15) is 0 Å². The number of ether oxygens (including phenoxy) is 1. The second-order valence-electron chi connectivity index (χ2n) is 5.12. The molecule has 10 heteroatoms. The molecule has 1 aliphatic rings. The van der Waals surface area contributed by atoms with Crippen molar-refractivity contribution in [3.05, 3.63) is 12.7 Å². The van der Waals surface area contributed by atoms with Gasteiger partial charge in [-0.2, -0.15) is 0 Å². The van der Waals surface area contributed by atoms with E-state index in [0.29, 0.717) is 32.1 Å². The molecule has 8 nitrogen and oxygen atoms in total. The van der Waals surface area contributed by atoms with Gasteiger partial charge in [0, 0.05) is 42.1 Å². The van der Waals surface area contributed by atoms with Gasteiger partial charge in [-0.15, -0.1) is 6.58 Å². The molecule has 0 aromatic heterocycles. The second-order valence-corrected chi connectivity index (χ2v) is 10.8. The molecule has 0 aliphatic carbocycles. The van der Waals surface area contributed by atoms with E-state index in [1.807, 2.05) is 0 Å². The van der Waals surface area contributed by atoms with Crippen LogP contribution in [0.3, 0.4) is 0 Å². The first-order chi connectivity index (χ1) is 11.0. The highest BCUT2D eigenvalue weighted by molar-refractivity contribution is 6.62. The van der Waals surface area contributed by atoms with E-state index in [2.05, 4.69) is 11.5 Å². The largest absolute Gasteiger partial charge is 0.515 e. The van der Waals surface area contributed by atoms with Crippen LogP contribution in [0, 0.1) is 0 Å². The summed E-state index contributed by atoms with van der Waals surface area (Å²) in [6.07, 6.45) is 2.62. The first-order valence-corrected chi connectivity index (χ1v) is 11.2. The van der Waals surface area contributed by atoms with Crippen molar-refractivity contribution in [2.24, 2.45) is 0 Å². The molecule has 0 saturated carbocycles. The topological polar surface area (TPSA) is 67.9 Å². The van der Waals surface area contributed by atoms with Crippen LogP contribution in [0.25, 0.3) is 0 Å². The summed E-state index contributed by atoms with van der Waals surface area (Å²) in [5.41, 5.74) is 0. The molecular weight excluding hydrogens is 338 g/mol. The van der Waals surface area contributed by atoms with Crippen molar-refractivity contribution in [3.63, 3.8) is 0 Å². The Morgan fingerprint density at radius 3 is 2.26 bits per heavy atom. The van der Waals surface area contributed by atoms with Crippen LogP contribution in [0.15, 0.2) is 12.7 Å². The molecule has 0 bridgehead atoms. The van der Waals surface area contributed by atoms with E-state index in [1.54, 1.807) is 41.6 Å². The lowest BCUT2D eigenvalue weighted by atomic mass is 10.3. The Labute approximate surface area is 140 Å². The monoisotopic (exact) mass is 367 g/mol. The van der Waals surface area contributed by atoms with Gasteiger partial charge >= 0.3 is 17.6 Å². The zero-order chi connectivity index (χ0) is 17.3. The molecule has 0 aromatic carbocycles. The smallest absolute Gasteiger partial charge is 0.376 e. The molecule has 1 unspecified atom stereocenters. The van der Waals surface area contributed by atoms with Crippen LogP contribution in [0.5, 0.6) is 0 Å². The lowest BCUT2D eigenvalue weighted by Crippen LogP contribution is -2.66. The molecule has 0 radical (unpaired) electrons. The zero-order valence-corrected chi connectivity index (χ0v) is 16.7. The molecule has 0 aromatic rings. The van der Waals surface area contributed by atoms with E-state index < -0.39 is 17.6 Å². The molecule has 23 heavy (non-hydrogen) atoms. The SMILES string of the molecule is C=CCOCC1CN(C[Si](OC)(OC)OC)C[Si](OC)(OC)O1. The molecule has 1 fully saturated rings. The molecular formula is C13H29NO7Si2. The fourth-order valence-electron chi connectivity index (χ4n) is 2.47. The molecule has 0 spiro atoms. The first kappa shape index (κ1) is 20.9. The molecule has 1 aliphatic heterocycles. The lowest BCUT2D eigenvalue weighted by molar-refractivity contribution is -0.0395. The average molecular weight is 368 g/mol. The van der Waals surface area contributed by atoms with Crippen LogP contribution in [0.4, 0.5) is 0 Å². The van der Waals surface area contributed by atoms with E-state index in [0.717, 1.165) is 0 Å². The predicted octanol–water partition coefficient (Wildman–Crippen LogP) is 0.0780. The summed E-state index contributed by atoms with van der Waals surface area (Å²) in [7, 11) is 2.49. The quantitative estimate of drug-likeness (QED) is 0.289. The van der Waals surface area contributed by atoms with Gasteiger partial charge in [0.1, 0.15) is 0 Å². The van der Waals surface area contributed by atoms with Gasteiger partial charge < -0.3 is 31.3 Å². The molecule has 0 N–H and O–H groups in total. The fraction of sp³-hybridized carbons (Fsp3) is 0.846. The Morgan fingerprint density at radius 1 is 1.17 bits per heavy atom. The standard InChI is InChI=1S/C13H29NO7Si2/c1-7-8-20-10-13-9-14(11-22(15-2,16-3)17-4)12-23(18-5,19-6)21-13/h7,13H,1,8-12H2,2-6H3. The van der Waals surface area contributed by atoms with Crippen molar-refractivity contribution in [2.75, 3.05) is 67.6 Å². The van der Waals surface area contributed by atoms with Gasteiger partial charge in [-0.1, -0.05) is 6.08 Å². The zero-order valence-electron chi connectivity index (χ0n) is 14.7. The van der Waals surface area contributed by atoms with Gasteiger partial charge in [-0.05, 0) is 0 Å². The minimum atomic E-state index is -2.78. The molecule has 0 amide bonds. The van der Waals surface area contributed by atoms with Gasteiger partial charge in [-0.3, -0.25) is 4.90 Å². The summed E-state index contributed by atoms with van der Waals surface area (Å²) in [5, 5.41) is 0. The summed E-state index contributed by atoms with van der Waals surface area (Å²) in [5.74, 6) is 0. The number of rotatable bonds is 11. The van der Waals surface area contributed by atoms with Crippen molar-refractivity contribution < 1.29 is 31.3 Å². The van der Waals surface area contributed by atoms with Crippen molar-refractivity contribution >= 4 is 17.6 Å². The van der Waals surface area contributed by atoms with E-state index in [-0.39, 0.29) is 6.10 Å². The van der Waals surface area contributed by atoms with Gasteiger partial charge in [0.2, 0.25) is 0 Å². The Hall–Kier alpha value is -0.146. The summed E-state index contributed by atoms with van der Waals surface area (Å²) in [6, 6.07) is 0. The Balaban J connectivity index is 2.81. The molecule has 1 rings (SSSR count). The number of hydrogen-bond donors (Lipinski definition) is 0. The third kappa shape index (κ3) is 5.71. The molecule has 1 heterocycles. The number of hydrogen-bond acceptors (Lipinski definition) is 8. The van der Waals surface area contributed by atoms with Gasteiger partial charge in [0.25, 0.3) is 0 Å². The van der Waals surface area contributed by atoms with Crippen LogP contribution in [-0.2, 0) is 31.3 Å². The Bertz CT molecular complexity index is 345. The summed E-state index contributed by atoms with van der Waals surface area (Å²) in [4.78, 5) is 2.15. The van der Waals surface area contributed by atoms with Crippen LogP contribution < -0.4 is 0 Å². The highest BCUT2D eigenvalue weighted by Gasteiger charge is 2.51. The fourth-order valence-corrected chi connectivity index (χ4v) is 6.50. The van der Waals surface area contributed by atoms with E-state index in [9.17, 15) is 0 Å². The van der Waals surface area contributed by atoms with Crippen molar-refractivity contribution in [2.45, 2.75) is 6.10 Å². The predicted molar refractivity (Wildman–Crippen MR) is 88.9 cm³/mol. The van der Waals surface area contributed by atoms with Crippen LogP contribution in [0.2, 0.25) is 0 Å². The third-order valence-corrected chi connectivity index (χ3v) is 9.21. The number of nitrogens with zero attached hydrogens (tertiary/aromatic N) is 1. The maximum Gasteiger partial charge on any atom is 0.515 e. The minimum absolute atomic E-state index is 0.160. The van der Waals surface area contributed by atoms with Crippen LogP contribution in [-0.4, -0.2) is 96.3 Å². The maximum atomic E-state index is 6.05. The lowest BCUT2D eigenvalue weighted by Gasteiger charge is -2.43. The van der Waals surface area contributed by atoms with Crippen molar-refractivity contribution in [1.29, 1.82) is 0 Å². The van der Waals surface area contributed by atoms with Gasteiger partial charge in [0.05, 0.1) is 31.7 Å². The van der Waals surface area contributed by atoms with E-state index in [4.69, 9.17) is 31.3 Å². The van der Waals surface area contributed by atoms with Gasteiger partial charge in [-0.25, -0.2) is 0 Å². The summed E-state index contributed by atoms with van der Waals surface area (Å²) in [6.45, 7) is 5.21. The summed E-state index contributed by atoms with van der Waals surface area (Å²) < 4.78 is 39.3. The summed E-state index contributed by atoms with van der Waals surface area (Å²) >= 11 is 0. The average Bonchev–Trinajstić information content (AvgIpc) is 2.60. The Morgan fingerprint density at radius 2 is 1.78 bits per heavy atom. The Kier molecular flexibility index (Phi) is 9.07. The first-order valence-electron chi connectivity index (χ1n) is 7.37. The highest BCUT2D eigenvalue weighted by atomic mass is 28.4. The van der Waals surface area contributed by atoms with E-state index in [1.165, 1.54) is 0 Å². The molecule has 1 saturated heterocycles. The minimum Gasteiger partial charge on any atom is -0.376 e. The molecule has 1 atom stereocenters. The van der Waals surface area contributed by atoms with Gasteiger partial charge in [0.15, 0.2) is 0 Å². The second kappa shape index (κ2) is 9.98. The van der Waals surface area contributed by atoms with Crippen molar-refractivity contribution in [1.82, 2.24) is 4.90 Å². The normalized spacial score (nSPS) is 22.2. The third-order valence-electron chi connectivity index (χ3n) is 3.74. The maximum absolute atomic E-state index is 6.05. The van der Waals surface area contributed by atoms with Crippen LogP contribution >= 0.6 is 0 Å². The highest BCUT2D eigenvalue weighted by Crippen LogP contribution is 2.21. The van der Waals surface area contributed by atoms with Crippen molar-refractivity contribution in [3.8, 4) is 0 Å². The molecule has 136 valence electrons.